The summed E-state index contributed by atoms with van der Waals surface area (Å²) in [5.74, 6) is -1.39. The Morgan fingerprint density at radius 3 is 2.58 bits per heavy atom. The van der Waals surface area contributed by atoms with Gasteiger partial charge in [0.1, 0.15) is 17.4 Å². The summed E-state index contributed by atoms with van der Waals surface area (Å²) >= 11 is 0. The van der Waals surface area contributed by atoms with Crippen LogP contribution in [-0.2, 0) is 31.6 Å². The van der Waals surface area contributed by atoms with E-state index in [2.05, 4.69) is 44.7 Å². The molecule has 36 heavy (non-hydrogen) atoms. The monoisotopic (exact) mass is 574 g/mol. The number of hydrogen-bond donors (Lipinski definition) is 5. The third-order valence-corrected chi connectivity index (χ3v) is 8.57. The highest BCUT2D eigenvalue weighted by molar-refractivity contribution is 7.66. The Morgan fingerprint density at radius 2 is 1.97 bits per heavy atom. The quantitative estimate of drug-likeness (QED) is 0.0834. The van der Waals surface area contributed by atoms with Crippen LogP contribution in [0.2, 0.25) is 0 Å². The van der Waals surface area contributed by atoms with Gasteiger partial charge in [-0.3, -0.25) is 9.09 Å². The van der Waals surface area contributed by atoms with E-state index in [4.69, 9.17) is 25.8 Å². The van der Waals surface area contributed by atoms with Gasteiger partial charge in [-0.2, -0.15) is 8.62 Å². The lowest BCUT2D eigenvalue weighted by Gasteiger charge is -2.31. The summed E-state index contributed by atoms with van der Waals surface area (Å²) < 4.78 is 69.0. The normalized spacial score (nSPS) is 27.8. The fourth-order valence-electron chi connectivity index (χ4n) is 3.43. The molecule has 0 bridgehead atoms. The summed E-state index contributed by atoms with van der Waals surface area (Å²) in [4.78, 5) is 50.7. The summed E-state index contributed by atoms with van der Waals surface area (Å²) in [5, 5.41) is 3.32. The van der Waals surface area contributed by atoms with Gasteiger partial charge >= 0.3 is 23.5 Å². The van der Waals surface area contributed by atoms with E-state index in [0.717, 1.165) is 23.3 Å². The predicted octanol–water partition coefficient (Wildman–Crippen LogP) is 1.47. The van der Waals surface area contributed by atoms with E-state index in [9.17, 15) is 23.5 Å². The van der Waals surface area contributed by atoms with Crippen molar-refractivity contribution in [2.24, 2.45) is 11.0 Å². The number of hydrogen-bond acceptors (Lipinski definition) is 12. The van der Waals surface area contributed by atoms with E-state index in [1.54, 1.807) is 0 Å². The molecule has 3 rings (SSSR count). The average molecular weight is 574 g/mol. The summed E-state index contributed by atoms with van der Waals surface area (Å²) in [7, 11) is -17.1. The standard InChI is InChI=1S/C13H18FN8O11P3/c1-2-7-8(14)12(22-6-19-9-10(15)17-5-18-11(9)22)31-13(7,3-20-21-16)4-30-35(26,27)33-36(28,29)32-34(23,24)25/h2,5-8,12H,1,3-4H2,(H,26,27)(H,28,29)(H2,15,17,18)(H2,23,24,25)/t7-,8+,12+,13+/m0/s1. The zero-order valence-corrected chi connectivity index (χ0v) is 20.3. The molecule has 0 radical (unpaired) electrons. The molecule has 19 nitrogen and oxygen atoms in total. The van der Waals surface area contributed by atoms with Crippen molar-refractivity contribution in [3.63, 3.8) is 0 Å². The predicted molar refractivity (Wildman–Crippen MR) is 115 cm³/mol. The highest BCUT2D eigenvalue weighted by Gasteiger charge is 2.56. The molecule has 0 amide bonds. The van der Waals surface area contributed by atoms with E-state index in [0.29, 0.717) is 0 Å². The minimum atomic E-state index is -5.81. The first kappa shape index (κ1) is 28.3. The van der Waals surface area contributed by atoms with Crippen LogP contribution in [0.4, 0.5) is 10.2 Å². The van der Waals surface area contributed by atoms with E-state index in [-0.39, 0.29) is 17.0 Å². The number of alkyl halides is 1. The van der Waals surface area contributed by atoms with Crippen molar-refractivity contribution in [1.82, 2.24) is 19.5 Å². The van der Waals surface area contributed by atoms with Crippen LogP contribution >= 0.6 is 23.5 Å². The van der Waals surface area contributed by atoms with E-state index in [1.807, 2.05) is 0 Å². The molecule has 0 spiro atoms. The molecule has 2 aromatic rings. The molecular weight excluding hydrogens is 556 g/mol. The lowest BCUT2D eigenvalue weighted by molar-refractivity contribution is -0.101. The molecule has 1 saturated heterocycles. The first-order valence-electron chi connectivity index (χ1n) is 9.30. The van der Waals surface area contributed by atoms with Crippen LogP contribution in [0.3, 0.4) is 0 Å². The maximum atomic E-state index is 15.6. The number of phosphoric ester groups is 1. The molecule has 0 saturated carbocycles. The summed E-state index contributed by atoms with van der Waals surface area (Å²) in [6.45, 7) is 1.70. The fraction of sp³-hybridized carbons (Fsp3) is 0.462. The molecule has 1 fully saturated rings. The molecule has 2 aromatic heterocycles. The number of nitrogen functional groups attached to an aromatic ring is 1. The Balaban J connectivity index is 1.92. The number of nitrogens with zero attached hydrogens (tertiary/aromatic N) is 7. The van der Waals surface area contributed by atoms with Crippen LogP contribution < -0.4 is 5.73 Å². The van der Waals surface area contributed by atoms with Crippen LogP contribution in [0, 0.1) is 5.92 Å². The summed E-state index contributed by atoms with van der Waals surface area (Å²) in [6.07, 6.45) is -0.217. The first-order valence-corrected chi connectivity index (χ1v) is 13.8. The van der Waals surface area contributed by atoms with Crippen molar-refractivity contribution in [2.75, 3.05) is 18.9 Å². The lowest BCUT2D eigenvalue weighted by atomic mass is 9.86. The zero-order valence-electron chi connectivity index (χ0n) is 17.7. The van der Waals surface area contributed by atoms with Gasteiger partial charge in [0.25, 0.3) is 0 Å². The second-order valence-electron chi connectivity index (χ2n) is 7.12. The van der Waals surface area contributed by atoms with Gasteiger partial charge in [-0.05, 0) is 5.53 Å². The Labute approximate surface area is 199 Å². The molecule has 2 unspecified atom stereocenters. The number of phosphoric acid groups is 3. The Morgan fingerprint density at radius 1 is 1.28 bits per heavy atom. The van der Waals surface area contributed by atoms with Gasteiger partial charge in [-0.1, -0.05) is 11.2 Å². The van der Waals surface area contributed by atoms with Crippen molar-refractivity contribution >= 4 is 40.4 Å². The Hall–Kier alpha value is -2.30. The average Bonchev–Trinajstić information content (AvgIpc) is 3.28. The van der Waals surface area contributed by atoms with Crippen molar-refractivity contribution in [3.8, 4) is 0 Å². The molecule has 1 aliphatic heterocycles. The maximum absolute atomic E-state index is 15.6. The maximum Gasteiger partial charge on any atom is 0.490 e. The van der Waals surface area contributed by atoms with Crippen molar-refractivity contribution in [3.05, 3.63) is 35.8 Å². The van der Waals surface area contributed by atoms with Crippen molar-refractivity contribution < 1.29 is 55.5 Å². The largest absolute Gasteiger partial charge is 0.490 e. The van der Waals surface area contributed by atoms with Crippen LogP contribution in [0.15, 0.2) is 30.4 Å². The number of halogens is 1. The number of imidazole rings is 1. The molecule has 6 atom stereocenters. The van der Waals surface area contributed by atoms with Gasteiger partial charge in [0.2, 0.25) is 0 Å². The van der Waals surface area contributed by atoms with Gasteiger partial charge in [0.05, 0.1) is 19.5 Å². The molecular formula is C13H18FN8O11P3. The zero-order chi connectivity index (χ0) is 26.9. The number of anilines is 1. The van der Waals surface area contributed by atoms with Gasteiger partial charge < -0.3 is 30.0 Å². The Bertz CT molecular complexity index is 1350. The second kappa shape index (κ2) is 10.2. The minimum Gasteiger partial charge on any atom is -0.382 e. The van der Waals surface area contributed by atoms with Crippen molar-refractivity contribution in [2.45, 2.75) is 18.0 Å². The number of aromatic nitrogens is 4. The molecule has 198 valence electrons. The number of ether oxygens (including phenoxy) is 1. The highest BCUT2D eigenvalue weighted by Crippen LogP contribution is 2.66. The summed E-state index contributed by atoms with van der Waals surface area (Å²) in [5.41, 5.74) is 12.6. The molecule has 0 aliphatic carbocycles. The third-order valence-electron chi connectivity index (χ3n) is 4.78. The van der Waals surface area contributed by atoms with Crippen LogP contribution in [0.1, 0.15) is 6.23 Å². The Kier molecular flexibility index (Phi) is 8.03. The molecule has 6 N–H and O–H groups in total. The smallest absolute Gasteiger partial charge is 0.382 e. The van der Waals surface area contributed by atoms with Gasteiger partial charge in [-0.25, -0.2) is 33.0 Å². The van der Waals surface area contributed by atoms with Crippen LogP contribution in [0.5, 0.6) is 0 Å². The second-order valence-corrected chi connectivity index (χ2v) is 11.5. The number of rotatable bonds is 11. The fourth-order valence-corrected chi connectivity index (χ4v) is 6.50. The number of nitrogens with two attached hydrogens (primary N) is 1. The van der Waals surface area contributed by atoms with Crippen molar-refractivity contribution in [1.29, 1.82) is 0 Å². The summed E-state index contributed by atoms with van der Waals surface area (Å²) in [6, 6.07) is 0. The first-order chi connectivity index (χ1) is 16.6. The van der Waals surface area contributed by atoms with Gasteiger partial charge in [0.15, 0.2) is 23.9 Å². The minimum absolute atomic E-state index is 0.0135. The van der Waals surface area contributed by atoms with E-state index >= 15 is 4.39 Å². The van der Waals surface area contributed by atoms with Crippen LogP contribution in [0.25, 0.3) is 21.6 Å². The molecule has 1 aliphatic rings. The third kappa shape index (κ3) is 6.15. The van der Waals surface area contributed by atoms with Gasteiger partial charge in [-0.15, -0.1) is 6.58 Å². The lowest BCUT2D eigenvalue weighted by Crippen LogP contribution is -2.44. The SMILES string of the molecule is C=C[C@H]1[C@@H](F)[C@H](n2cnc3c(N)ncnc32)O[C@]1(CN=[N+]=[N-])COP(=O)(O)OP(=O)(O)OP(=O)(O)O. The highest BCUT2D eigenvalue weighted by atomic mass is 31.3. The van der Waals surface area contributed by atoms with Crippen LogP contribution in [-0.4, -0.2) is 64.0 Å². The van der Waals surface area contributed by atoms with E-state index < -0.39 is 60.5 Å². The molecule has 3 heterocycles. The van der Waals surface area contributed by atoms with Gasteiger partial charge in [0, 0.05) is 10.8 Å². The number of fused-ring (bicyclic) bond motifs is 1. The molecule has 0 aromatic carbocycles. The topological polar surface area (TPSA) is 287 Å². The molecule has 23 heteroatoms. The number of azide groups is 1. The van der Waals surface area contributed by atoms with E-state index in [1.165, 1.54) is 0 Å².